The fraction of sp³-hybridized carbons (Fsp3) is 0.633. The summed E-state index contributed by atoms with van der Waals surface area (Å²) in [7, 11) is 0. The van der Waals surface area contributed by atoms with Gasteiger partial charge in [-0.2, -0.15) is 0 Å². The number of hydrogen-bond acceptors (Lipinski definition) is 11. The van der Waals surface area contributed by atoms with E-state index in [4.69, 9.17) is 14.2 Å². The SMILES string of the molecule is CC#CCC(C)C(O)/C=C/C1CCC2Oc3c(CCCC(=O)OCCCOCC(CO[N+](=O)[O-])O[N+](=O)[O-])cccc3C12. The Kier molecular flexibility index (Phi) is 13.5. The average molecular weight is 605 g/mol. The van der Waals surface area contributed by atoms with Crippen LogP contribution in [0.2, 0.25) is 0 Å². The van der Waals surface area contributed by atoms with Gasteiger partial charge in [-0.1, -0.05) is 37.3 Å². The van der Waals surface area contributed by atoms with Crippen LogP contribution in [0.15, 0.2) is 30.4 Å². The van der Waals surface area contributed by atoms with E-state index in [2.05, 4.69) is 33.7 Å². The minimum Gasteiger partial charge on any atom is -0.489 e. The van der Waals surface area contributed by atoms with Crippen molar-refractivity contribution in [2.45, 2.75) is 83.0 Å². The zero-order chi connectivity index (χ0) is 31.2. The van der Waals surface area contributed by atoms with Crippen molar-refractivity contribution < 1.29 is 44.0 Å². The van der Waals surface area contributed by atoms with Gasteiger partial charge in [0.25, 0.3) is 10.2 Å². The molecule has 1 aromatic rings. The highest BCUT2D eigenvalue weighted by Crippen LogP contribution is 2.52. The van der Waals surface area contributed by atoms with Gasteiger partial charge in [0.15, 0.2) is 6.10 Å². The third-order valence-electron chi connectivity index (χ3n) is 7.57. The maximum atomic E-state index is 12.2. The predicted octanol–water partition coefficient (Wildman–Crippen LogP) is 3.97. The summed E-state index contributed by atoms with van der Waals surface area (Å²) in [6.45, 7) is 3.08. The van der Waals surface area contributed by atoms with Crippen molar-refractivity contribution in [3.63, 3.8) is 0 Å². The summed E-state index contributed by atoms with van der Waals surface area (Å²) in [6.07, 6.45) is 6.82. The van der Waals surface area contributed by atoms with E-state index in [9.17, 15) is 30.1 Å². The lowest BCUT2D eigenvalue weighted by Crippen LogP contribution is -2.29. The molecule has 0 aromatic heterocycles. The molecule has 6 unspecified atom stereocenters. The number of para-hydroxylation sites is 1. The van der Waals surface area contributed by atoms with Crippen molar-refractivity contribution in [3.8, 4) is 17.6 Å². The lowest BCUT2D eigenvalue weighted by atomic mass is 9.86. The molecule has 0 spiro atoms. The topological polar surface area (TPSA) is 170 Å². The summed E-state index contributed by atoms with van der Waals surface area (Å²) in [5.41, 5.74) is 2.25. The van der Waals surface area contributed by atoms with Crippen LogP contribution in [0.5, 0.6) is 5.75 Å². The van der Waals surface area contributed by atoms with E-state index in [0.29, 0.717) is 31.6 Å². The highest BCUT2D eigenvalue weighted by atomic mass is 17.0. The molecule has 0 radical (unpaired) electrons. The lowest BCUT2D eigenvalue weighted by molar-refractivity contribution is -0.790. The molecule has 236 valence electrons. The Morgan fingerprint density at radius 1 is 1.19 bits per heavy atom. The first-order valence-electron chi connectivity index (χ1n) is 14.6. The molecule has 1 saturated carbocycles. The van der Waals surface area contributed by atoms with Crippen molar-refractivity contribution >= 4 is 5.97 Å². The molecule has 1 heterocycles. The van der Waals surface area contributed by atoms with Crippen LogP contribution in [0.1, 0.15) is 69.4 Å². The first-order chi connectivity index (χ1) is 20.7. The number of fused-ring (bicyclic) bond motifs is 3. The molecule has 1 aliphatic carbocycles. The van der Waals surface area contributed by atoms with Crippen LogP contribution in [-0.4, -0.2) is 66.0 Å². The van der Waals surface area contributed by atoms with Gasteiger partial charge in [-0.05, 0) is 50.0 Å². The van der Waals surface area contributed by atoms with Gasteiger partial charge in [0.2, 0.25) is 0 Å². The number of ether oxygens (including phenoxy) is 3. The Bertz CT molecular complexity index is 1180. The fourth-order valence-corrected chi connectivity index (χ4v) is 5.39. The monoisotopic (exact) mass is 604 g/mol. The molecule has 0 saturated heterocycles. The van der Waals surface area contributed by atoms with Crippen molar-refractivity contribution in [1.82, 2.24) is 0 Å². The molecule has 0 bridgehead atoms. The quantitative estimate of drug-likeness (QED) is 0.0605. The molecular formula is C30H40N2O11. The van der Waals surface area contributed by atoms with Crippen LogP contribution in [0.3, 0.4) is 0 Å². The minimum absolute atomic E-state index is 0.0694. The summed E-state index contributed by atoms with van der Waals surface area (Å²) in [6, 6.07) is 6.17. The third-order valence-corrected chi connectivity index (χ3v) is 7.57. The van der Waals surface area contributed by atoms with E-state index in [1.807, 2.05) is 25.1 Å². The Morgan fingerprint density at radius 2 is 2.00 bits per heavy atom. The highest BCUT2D eigenvalue weighted by Gasteiger charge is 2.44. The molecule has 43 heavy (non-hydrogen) atoms. The Hall–Kier alpha value is -3.89. The Balaban J connectivity index is 1.38. The van der Waals surface area contributed by atoms with Gasteiger partial charge in [0.05, 0.1) is 19.3 Å². The molecular weight excluding hydrogens is 564 g/mol. The zero-order valence-corrected chi connectivity index (χ0v) is 24.6. The molecule has 0 amide bonds. The van der Waals surface area contributed by atoms with Crippen LogP contribution < -0.4 is 4.74 Å². The van der Waals surface area contributed by atoms with Gasteiger partial charge in [0.1, 0.15) is 18.5 Å². The number of carbonyl (C=O) groups excluding carboxylic acids is 1. The van der Waals surface area contributed by atoms with Crippen LogP contribution >= 0.6 is 0 Å². The second-order valence-corrected chi connectivity index (χ2v) is 10.7. The number of aliphatic hydroxyl groups excluding tert-OH is 1. The number of allylic oxidation sites excluding steroid dienone is 1. The zero-order valence-electron chi connectivity index (χ0n) is 24.6. The summed E-state index contributed by atoms with van der Waals surface area (Å²) >= 11 is 0. The number of benzene rings is 1. The first kappa shape index (κ1) is 33.6. The normalized spacial score (nSPS) is 20.6. The summed E-state index contributed by atoms with van der Waals surface area (Å²) in [5.74, 6) is 7.08. The fourth-order valence-electron chi connectivity index (χ4n) is 5.39. The number of hydrogen-bond donors (Lipinski definition) is 1. The molecule has 1 fully saturated rings. The van der Waals surface area contributed by atoms with E-state index < -0.39 is 29.0 Å². The number of nitrogens with zero attached hydrogens (tertiary/aromatic N) is 2. The second-order valence-electron chi connectivity index (χ2n) is 10.7. The molecule has 2 aliphatic rings. The lowest BCUT2D eigenvalue weighted by Gasteiger charge is -2.17. The van der Waals surface area contributed by atoms with Gasteiger partial charge in [-0.25, -0.2) is 0 Å². The number of aliphatic hydroxyl groups is 1. The van der Waals surface area contributed by atoms with Crippen LogP contribution in [0, 0.1) is 43.9 Å². The minimum atomic E-state index is -1.25. The van der Waals surface area contributed by atoms with Crippen molar-refractivity contribution in [2.75, 3.05) is 26.4 Å². The van der Waals surface area contributed by atoms with Crippen LogP contribution in [-0.2, 0) is 30.4 Å². The Morgan fingerprint density at radius 3 is 2.74 bits per heavy atom. The first-order valence-corrected chi connectivity index (χ1v) is 14.6. The predicted molar refractivity (Wildman–Crippen MR) is 153 cm³/mol. The van der Waals surface area contributed by atoms with Gasteiger partial charge >= 0.3 is 5.97 Å². The third kappa shape index (κ3) is 10.7. The number of carbonyl (C=O) groups is 1. The number of esters is 1. The van der Waals surface area contributed by atoms with Gasteiger partial charge in [-0.3, -0.25) is 4.79 Å². The largest absolute Gasteiger partial charge is 0.489 e. The molecule has 1 N–H and O–H groups in total. The second kappa shape index (κ2) is 17.3. The van der Waals surface area contributed by atoms with Gasteiger partial charge < -0.3 is 29.0 Å². The highest BCUT2D eigenvalue weighted by molar-refractivity contribution is 5.69. The van der Waals surface area contributed by atoms with E-state index in [1.165, 1.54) is 5.56 Å². The van der Waals surface area contributed by atoms with Crippen molar-refractivity contribution in [2.24, 2.45) is 11.8 Å². The van der Waals surface area contributed by atoms with Crippen molar-refractivity contribution in [3.05, 3.63) is 61.7 Å². The molecule has 1 aromatic carbocycles. The summed E-state index contributed by atoms with van der Waals surface area (Å²) in [4.78, 5) is 41.3. The van der Waals surface area contributed by atoms with E-state index >= 15 is 0 Å². The van der Waals surface area contributed by atoms with Crippen LogP contribution in [0.25, 0.3) is 0 Å². The molecule has 13 heteroatoms. The molecule has 1 aliphatic heterocycles. The maximum Gasteiger partial charge on any atom is 0.305 e. The Labute approximate surface area is 250 Å². The number of rotatable bonds is 19. The van der Waals surface area contributed by atoms with Gasteiger partial charge in [0, 0.05) is 37.4 Å². The van der Waals surface area contributed by atoms with Crippen LogP contribution in [0.4, 0.5) is 0 Å². The summed E-state index contributed by atoms with van der Waals surface area (Å²) < 4.78 is 16.9. The molecule has 6 atom stereocenters. The number of aryl methyl sites for hydroxylation is 1. The van der Waals surface area contributed by atoms with Crippen molar-refractivity contribution in [1.29, 1.82) is 0 Å². The molecule has 13 nitrogen and oxygen atoms in total. The maximum absolute atomic E-state index is 12.2. The van der Waals surface area contributed by atoms with E-state index in [-0.39, 0.29) is 50.2 Å². The van der Waals surface area contributed by atoms with E-state index in [1.54, 1.807) is 6.92 Å². The smallest absolute Gasteiger partial charge is 0.305 e. The van der Waals surface area contributed by atoms with Gasteiger partial charge in [-0.15, -0.1) is 32.1 Å². The average Bonchev–Trinajstić information content (AvgIpc) is 3.54. The van der Waals surface area contributed by atoms with E-state index in [0.717, 1.165) is 24.2 Å². The molecule has 3 rings (SSSR count). The summed E-state index contributed by atoms with van der Waals surface area (Å²) in [5, 5.41) is 29.1. The standard InChI is InChI=1S/C30H40N2O11/c1-3-4-8-21(2)26(33)15-13-22-14-16-27-29(22)25-11-5-9-23(30(25)42-27)10-6-12-28(34)40-18-7-17-39-19-24(43-32(37)38)20-41-31(35)36/h5,9,11,13,15,21-22,24,26-27,29,33H,6-8,10,12,14,16-20H2,1-2H3/b15-13+.